The number of nitrogens with zero attached hydrogens (tertiary/aromatic N) is 2. The van der Waals surface area contributed by atoms with E-state index in [2.05, 4.69) is 13.8 Å². The van der Waals surface area contributed by atoms with Gasteiger partial charge >= 0.3 is 0 Å². The fourth-order valence-electron chi connectivity index (χ4n) is 4.98. The van der Waals surface area contributed by atoms with Gasteiger partial charge in [-0.3, -0.25) is 0 Å². The molecule has 3 aliphatic heterocycles. The molecule has 0 amide bonds. The van der Waals surface area contributed by atoms with E-state index in [4.69, 9.17) is 25.0 Å². The highest BCUT2D eigenvalue weighted by Crippen LogP contribution is 2.49. The minimum atomic E-state index is -1.03. The summed E-state index contributed by atoms with van der Waals surface area (Å²) in [5.74, 6) is -0.564. The summed E-state index contributed by atoms with van der Waals surface area (Å²) in [5.41, 5.74) is 6.83. The summed E-state index contributed by atoms with van der Waals surface area (Å²) in [5, 5.41) is 1.46. The minimum absolute atomic E-state index is 0.122. The second-order valence-corrected chi connectivity index (χ2v) is 9.40. The zero-order valence-corrected chi connectivity index (χ0v) is 18.4. The third-order valence-electron chi connectivity index (χ3n) is 6.58. The average Bonchev–Trinajstić information content (AvgIpc) is 3.02. The Balaban J connectivity index is 1.56. The Morgan fingerprint density at radius 1 is 1.06 bits per heavy atom. The number of hydrogen-bond acceptors (Lipinski definition) is 6. The smallest absolute Gasteiger partial charge is 0.221 e. The highest BCUT2D eigenvalue weighted by molar-refractivity contribution is 5.79. The summed E-state index contributed by atoms with van der Waals surface area (Å²) in [6.45, 7) is 4.87. The molecule has 6 nitrogen and oxygen atoms in total. The van der Waals surface area contributed by atoms with Crippen LogP contribution in [0, 0.1) is 17.6 Å². The molecule has 3 heterocycles. The Morgan fingerprint density at radius 2 is 1.81 bits per heavy atom. The van der Waals surface area contributed by atoms with Crippen molar-refractivity contribution in [2.75, 3.05) is 13.7 Å². The number of rotatable bonds is 2. The molecule has 1 fully saturated rings. The fraction of sp³-hybridized carbons (Fsp3) is 0.458. The molecular formula is C24H27F2N3O3. The Hall–Kier alpha value is -2.71. The third kappa shape index (κ3) is 3.61. The summed E-state index contributed by atoms with van der Waals surface area (Å²) < 4.78 is 39.6. The van der Waals surface area contributed by atoms with Gasteiger partial charge in [0.05, 0.1) is 11.2 Å². The van der Waals surface area contributed by atoms with Crippen LogP contribution < -0.4 is 10.5 Å². The maximum absolute atomic E-state index is 13.8. The van der Waals surface area contributed by atoms with E-state index < -0.39 is 17.4 Å². The van der Waals surface area contributed by atoms with Gasteiger partial charge in [-0.1, -0.05) is 12.1 Å². The highest BCUT2D eigenvalue weighted by Gasteiger charge is 2.51. The maximum atomic E-state index is 13.8. The molecule has 0 radical (unpaired) electrons. The van der Waals surface area contributed by atoms with Crippen LogP contribution in [0.25, 0.3) is 11.1 Å². The first-order chi connectivity index (χ1) is 15.2. The lowest BCUT2D eigenvalue weighted by atomic mass is 9.79. The molecule has 2 aromatic carbocycles. The number of nitrogens with two attached hydrogens (primary N) is 1. The van der Waals surface area contributed by atoms with Crippen molar-refractivity contribution in [3.05, 3.63) is 53.6 Å². The second-order valence-electron chi connectivity index (χ2n) is 9.40. The maximum Gasteiger partial charge on any atom is 0.221 e. The lowest BCUT2D eigenvalue weighted by Gasteiger charge is -2.44. The van der Waals surface area contributed by atoms with Crippen molar-refractivity contribution in [1.29, 1.82) is 0 Å². The SMILES string of the molecule is CN1OC2(CC(C3CCOC(C)(C)C3)Oc3ccc(-c4ccc(F)c(F)c4)cc32)N=C1N. The first-order valence-corrected chi connectivity index (χ1v) is 10.8. The molecule has 0 aromatic heterocycles. The van der Waals surface area contributed by atoms with E-state index in [9.17, 15) is 8.78 Å². The molecule has 2 N–H and O–H groups in total. The number of hydroxylamine groups is 2. The number of hydrogen-bond donors (Lipinski definition) is 1. The number of guanidine groups is 1. The van der Waals surface area contributed by atoms with E-state index in [1.165, 1.54) is 11.1 Å². The van der Waals surface area contributed by atoms with E-state index in [0.717, 1.165) is 24.5 Å². The number of halogens is 2. The van der Waals surface area contributed by atoms with Gasteiger partial charge in [0.25, 0.3) is 0 Å². The van der Waals surface area contributed by atoms with Gasteiger partial charge < -0.3 is 15.2 Å². The summed E-state index contributed by atoms with van der Waals surface area (Å²) in [4.78, 5) is 10.9. The standard InChI is InChI=1S/C24H27F2N3O3/c1-23(2)12-16(8-9-30-23)21-13-24(28-22(27)29(3)32-24)17-10-14(5-7-20(17)31-21)15-4-6-18(25)19(26)11-15/h4-7,10-11,16,21H,8-9,12-13H2,1-3H3,(H2,27,28). The van der Waals surface area contributed by atoms with Gasteiger partial charge in [0.15, 0.2) is 11.6 Å². The number of benzene rings is 2. The van der Waals surface area contributed by atoms with Crippen LogP contribution in [0.2, 0.25) is 0 Å². The van der Waals surface area contributed by atoms with Crippen molar-refractivity contribution in [2.45, 2.75) is 50.5 Å². The first-order valence-electron chi connectivity index (χ1n) is 10.8. The van der Waals surface area contributed by atoms with Crippen LogP contribution in [0.3, 0.4) is 0 Å². The highest BCUT2D eigenvalue weighted by atomic mass is 19.2. The first kappa shape index (κ1) is 21.2. The monoisotopic (exact) mass is 443 g/mol. The summed E-state index contributed by atoms with van der Waals surface area (Å²) in [6.07, 6.45) is 2.13. The van der Waals surface area contributed by atoms with Crippen LogP contribution in [0.5, 0.6) is 5.75 Å². The van der Waals surface area contributed by atoms with Gasteiger partial charge in [-0.2, -0.15) is 0 Å². The Labute approximate surface area is 185 Å². The van der Waals surface area contributed by atoms with E-state index >= 15 is 0 Å². The normalized spacial score (nSPS) is 28.9. The molecule has 3 unspecified atom stereocenters. The van der Waals surface area contributed by atoms with Crippen LogP contribution in [0.4, 0.5) is 8.78 Å². The predicted molar refractivity (Wildman–Crippen MR) is 116 cm³/mol. The average molecular weight is 443 g/mol. The molecule has 170 valence electrons. The zero-order chi connectivity index (χ0) is 22.7. The van der Waals surface area contributed by atoms with Gasteiger partial charge in [-0.25, -0.2) is 23.7 Å². The minimum Gasteiger partial charge on any atom is -0.489 e. The molecule has 1 spiro atoms. The third-order valence-corrected chi connectivity index (χ3v) is 6.58. The molecule has 1 saturated heterocycles. The van der Waals surface area contributed by atoms with Crippen molar-refractivity contribution in [2.24, 2.45) is 16.6 Å². The van der Waals surface area contributed by atoms with E-state index in [-0.39, 0.29) is 23.6 Å². The molecule has 5 rings (SSSR count). The van der Waals surface area contributed by atoms with Crippen molar-refractivity contribution < 1.29 is 23.1 Å². The number of aliphatic imine (C=N–C) groups is 1. The van der Waals surface area contributed by atoms with Crippen molar-refractivity contribution in [3.8, 4) is 16.9 Å². The Bertz CT molecular complexity index is 1090. The molecule has 0 bridgehead atoms. The molecule has 0 saturated carbocycles. The molecule has 3 atom stereocenters. The van der Waals surface area contributed by atoms with Crippen LogP contribution in [-0.4, -0.2) is 36.4 Å². The predicted octanol–water partition coefficient (Wildman–Crippen LogP) is 4.33. The van der Waals surface area contributed by atoms with Gasteiger partial charge in [0, 0.05) is 26.0 Å². The molecule has 8 heteroatoms. The van der Waals surface area contributed by atoms with E-state index in [1.807, 2.05) is 18.2 Å². The summed E-state index contributed by atoms with van der Waals surface area (Å²) in [6, 6.07) is 9.39. The lowest BCUT2D eigenvalue weighted by molar-refractivity contribution is -0.198. The van der Waals surface area contributed by atoms with Gasteiger partial charge in [-0.15, -0.1) is 0 Å². The fourth-order valence-corrected chi connectivity index (χ4v) is 4.98. The van der Waals surface area contributed by atoms with Crippen LogP contribution >= 0.6 is 0 Å². The summed E-state index contributed by atoms with van der Waals surface area (Å²) in [7, 11) is 1.72. The quantitative estimate of drug-likeness (QED) is 0.748. The van der Waals surface area contributed by atoms with Crippen molar-refractivity contribution in [1.82, 2.24) is 5.06 Å². The molecule has 0 aliphatic carbocycles. The molecular weight excluding hydrogens is 416 g/mol. The number of ether oxygens (including phenoxy) is 2. The van der Waals surface area contributed by atoms with Gasteiger partial charge in [0.2, 0.25) is 11.7 Å². The molecule has 32 heavy (non-hydrogen) atoms. The van der Waals surface area contributed by atoms with Crippen LogP contribution in [-0.2, 0) is 15.3 Å². The van der Waals surface area contributed by atoms with Gasteiger partial charge in [0.1, 0.15) is 11.9 Å². The van der Waals surface area contributed by atoms with Crippen molar-refractivity contribution in [3.63, 3.8) is 0 Å². The van der Waals surface area contributed by atoms with Crippen LogP contribution in [0.15, 0.2) is 41.4 Å². The summed E-state index contributed by atoms with van der Waals surface area (Å²) >= 11 is 0. The van der Waals surface area contributed by atoms with Crippen molar-refractivity contribution >= 4 is 5.96 Å². The Kier molecular flexibility index (Phi) is 4.90. The topological polar surface area (TPSA) is 69.3 Å². The van der Waals surface area contributed by atoms with E-state index in [0.29, 0.717) is 29.9 Å². The van der Waals surface area contributed by atoms with E-state index in [1.54, 1.807) is 13.1 Å². The lowest BCUT2D eigenvalue weighted by Crippen LogP contribution is -2.46. The molecule has 3 aliphatic rings. The zero-order valence-electron chi connectivity index (χ0n) is 18.4. The van der Waals surface area contributed by atoms with Gasteiger partial charge in [-0.05, 0) is 62.1 Å². The molecule has 2 aromatic rings. The Morgan fingerprint density at radius 3 is 2.50 bits per heavy atom. The largest absolute Gasteiger partial charge is 0.489 e. The second kappa shape index (κ2) is 7.42. The number of fused-ring (bicyclic) bond motifs is 2. The van der Waals surface area contributed by atoms with Crippen LogP contribution in [0.1, 0.15) is 38.7 Å².